The number of aliphatic carboxylic acids is 1. The van der Waals surface area contributed by atoms with E-state index in [9.17, 15) is 36.7 Å². The molecule has 0 aliphatic heterocycles. The maximum Gasteiger partial charge on any atom is 0.411 e. The molecule has 0 aromatic heterocycles. The van der Waals surface area contributed by atoms with Gasteiger partial charge in [-0.15, -0.1) is 0 Å². The van der Waals surface area contributed by atoms with Crippen LogP contribution in [-0.2, 0) is 19.4 Å². The van der Waals surface area contributed by atoms with Gasteiger partial charge >= 0.3 is 12.1 Å². The van der Waals surface area contributed by atoms with E-state index in [4.69, 9.17) is 4.74 Å². The van der Waals surface area contributed by atoms with Crippen LogP contribution in [0.2, 0.25) is 0 Å². The van der Waals surface area contributed by atoms with Crippen LogP contribution in [0.25, 0.3) is 0 Å². The standard InChI is InChI=1S/C25H22F2N2O7S/c1-15-2-4-16(5-3-15)23(30)28-18-7-9-19(10-8-18)37(34,35)22(24(31)32)12-13-36-25(33)29-21-11-6-17(26)14-20(21)27/h2-11,14,22H,12-13H2,1H3,(H,28,30)(H,29,33)(H,31,32). The van der Waals surface area contributed by atoms with Crippen LogP contribution in [0.5, 0.6) is 0 Å². The lowest BCUT2D eigenvalue weighted by Crippen LogP contribution is -2.32. The van der Waals surface area contributed by atoms with E-state index in [1.165, 1.54) is 12.1 Å². The second-order valence-electron chi connectivity index (χ2n) is 7.89. The molecule has 12 heteroatoms. The summed E-state index contributed by atoms with van der Waals surface area (Å²) in [6.45, 7) is 1.26. The number of aryl methyl sites for hydroxylation is 1. The molecular weight excluding hydrogens is 510 g/mol. The Hall–Kier alpha value is -4.32. The molecule has 0 bridgehead atoms. The Bertz CT molecular complexity index is 1410. The van der Waals surface area contributed by atoms with Crippen molar-refractivity contribution < 1.29 is 41.4 Å². The number of rotatable bonds is 9. The predicted octanol–water partition coefficient (Wildman–Crippen LogP) is 4.39. The van der Waals surface area contributed by atoms with Crippen molar-refractivity contribution in [3.63, 3.8) is 0 Å². The van der Waals surface area contributed by atoms with Gasteiger partial charge in [-0.25, -0.2) is 22.0 Å². The predicted molar refractivity (Wildman–Crippen MR) is 130 cm³/mol. The van der Waals surface area contributed by atoms with Crippen LogP contribution in [0.1, 0.15) is 22.3 Å². The second-order valence-corrected chi connectivity index (χ2v) is 10.0. The Morgan fingerprint density at radius 1 is 0.946 bits per heavy atom. The van der Waals surface area contributed by atoms with Crippen molar-refractivity contribution >= 4 is 39.2 Å². The molecule has 1 atom stereocenters. The highest BCUT2D eigenvalue weighted by Crippen LogP contribution is 2.22. The molecule has 0 saturated carbocycles. The first-order valence-electron chi connectivity index (χ1n) is 10.8. The van der Waals surface area contributed by atoms with Crippen LogP contribution in [0.3, 0.4) is 0 Å². The Balaban J connectivity index is 1.62. The van der Waals surface area contributed by atoms with Crippen molar-refractivity contribution in [1.82, 2.24) is 0 Å². The molecule has 0 aliphatic carbocycles. The number of hydrogen-bond acceptors (Lipinski definition) is 6. The summed E-state index contributed by atoms with van der Waals surface area (Å²) in [6, 6.07) is 14.2. The highest BCUT2D eigenvalue weighted by Gasteiger charge is 2.34. The summed E-state index contributed by atoms with van der Waals surface area (Å²) >= 11 is 0. The van der Waals surface area contributed by atoms with E-state index < -0.39 is 57.7 Å². The van der Waals surface area contributed by atoms with E-state index in [1.807, 2.05) is 12.2 Å². The summed E-state index contributed by atoms with van der Waals surface area (Å²) in [7, 11) is -4.40. The number of carboxylic acids is 1. The van der Waals surface area contributed by atoms with Crippen molar-refractivity contribution in [2.24, 2.45) is 0 Å². The molecule has 2 amide bonds. The third-order valence-electron chi connectivity index (χ3n) is 5.19. The molecule has 0 aliphatic rings. The molecule has 194 valence electrons. The number of carbonyl (C=O) groups excluding carboxylic acids is 2. The van der Waals surface area contributed by atoms with Crippen molar-refractivity contribution in [1.29, 1.82) is 0 Å². The van der Waals surface area contributed by atoms with Crippen molar-refractivity contribution in [3.8, 4) is 0 Å². The van der Waals surface area contributed by atoms with Gasteiger partial charge in [-0.2, -0.15) is 0 Å². The zero-order chi connectivity index (χ0) is 27.2. The summed E-state index contributed by atoms with van der Waals surface area (Å²) in [5.74, 6) is -3.98. The molecule has 1 unspecified atom stereocenters. The van der Waals surface area contributed by atoms with Crippen LogP contribution in [0, 0.1) is 18.6 Å². The fraction of sp³-hybridized carbons (Fsp3) is 0.160. The van der Waals surface area contributed by atoms with E-state index in [-0.39, 0.29) is 10.6 Å². The van der Waals surface area contributed by atoms with Gasteiger partial charge in [-0.05, 0) is 55.5 Å². The van der Waals surface area contributed by atoms with Gasteiger partial charge in [-0.3, -0.25) is 14.9 Å². The quantitative estimate of drug-likeness (QED) is 0.371. The molecular formula is C25H22F2N2O7S. The highest BCUT2D eigenvalue weighted by molar-refractivity contribution is 7.92. The van der Waals surface area contributed by atoms with Crippen LogP contribution in [-0.4, -0.2) is 43.4 Å². The number of carboxylic acid groups (broad SMARTS) is 1. The minimum Gasteiger partial charge on any atom is -0.480 e. The number of ether oxygens (including phenoxy) is 1. The lowest BCUT2D eigenvalue weighted by molar-refractivity contribution is -0.136. The van der Waals surface area contributed by atoms with Gasteiger partial charge in [0.1, 0.15) is 11.6 Å². The lowest BCUT2D eigenvalue weighted by Gasteiger charge is -2.15. The summed E-state index contributed by atoms with van der Waals surface area (Å²) in [6.07, 6.45) is -1.77. The second kappa shape index (κ2) is 11.6. The molecule has 3 aromatic rings. The maximum absolute atomic E-state index is 13.6. The van der Waals surface area contributed by atoms with E-state index in [0.29, 0.717) is 17.3 Å². The van der Waals surface area contributed by atoms with Gasteiger partial charge in [0, 0.05) is 23.7 Å². The number of benzene rings is 3. The zero-order valence-corrected chi connectivity index (χ0v) is 20.2. The number of sulfone groups is 1. The minimum absolute atomic E-state index is 0.296. The van der Waals surface area contributed by atoms with Gasteiger partial charge in [0.15, 0.2) is 15.1 Å². The molecule has 0 spiro atoms. The van der Waals surface area contributed by atoms with Crippen molar-refractivity contribution in [2.75, 3.05) is 17.2 Å². The van der Waals surface area contributed by atoms with Gasteiger partial charge in [-0.1, -0.05) is 17.7 Å². The molecule has 3 aromatic carbocycles. The van der Waals surface area contributed by atoms with Gasteiger partial charge in [0.25, 0.3) is 5.91 Å². The first-order valence-corrected chi connectivity index (χ1v) is 12.4. The molecule has 9 nitrogen and oxygen atoms in total. The third kappa shape index (κ3) is 7.10. The van der Waals surface area contributed by atoms with Crippen LogP contribution < -0.4 is 10.6 Å². The Morgan fingerprint density at radius 2 is 1.59 bits per heavy atom. The fourth-order valence-corrected chi connectivity index (χ4v) is 4.72. The Kier molecular flexibility index (Phi) is 8.56. The van der Waals surface area contributed by atoms with Crippen molar-refractivity contribution in [3.05, 3.63) is 89.5 Å². The van der Waals surface area contributed by atoms with Crippen molar-refractivity contribution in [2.45, 2.75) is 23.5 Å². The Morgan fingerprint density at radius 3 is 2.19 bits per heavy atom. The molecule has 0 saturated heterocycles. The number of carbonyl (C=O) groups is 3. The van der Waals surface area contributed by atoms with Gasteiger partial charge < -0.3 is 15.2 Å². The summed E-state index contributed by atoms with van der Waals surface area (Å²) in [5, 5.41) is 12.2. The molecule has 0 fully saturated rings. The summed E-state index contributed by atoms with van der Waals surface area (Å²) < 4.78 is 57.1. The van der Waals surface area contributed by atoms with E-state index in [1.54, 1.807) is 24.3 Å². The van der Waals surface area contributed by atoms with Crippen LogP contribution >= 0.6 is 0 Å². The van der Waals surface area contributed by atoms with Gasteiger partial charge in [0.05, 0.1) is 17.2 Å². The van der Waals surface area contributed by atoms with Gasteiger partial charge in [0.2, 0.25) is 0 Å². The molecule has 37 heavy (non-hydrogen) atoms. The fourth-order valence-electron chi connectivity index (χ4n) is 3.21. The van der Waals surface area contributed by atoms with Crippen LogP contribution in [0.4, 0.5) is 25.0 Å². The number of hydrogen-bond donors (Lipinski definition) is 3. The van der Waals surface area contributed by atoms with E-state index in [2.05, 4.69) is 5.32 Å². The maximum atomic E-state index is 13.6. The molecule has 3 rings (SSSR count). The normalized spacial score (nSPS) is 11.9. The molecule has 0 heterocycles. The first-order chi connectivity index (χ1) is 17.5. The minimum atomic E-state index is -4.40. The monoisotopic (exact) mass is 532 g/mol. The molecule has 0 radical (unpaired) electrons. The Labute approximate surface area is 211 Å². The third-order valence-corrected chi connectivity index (χ3v) is 7.30. The van der Waals surface area contributed by atoms with E-state index >= 15 is 0 Å². The summed E-state index contributed by atoms with van der Waals surface area (Å²) in [5.41, 5.74) is 1.30. The largest absolute Gasteiger partial charge is 0.480 e. The summed E-state index contributed by atoms with van der Waals surface area (Å²) in [4.78, 5) is 35.5. The first kappa shape index (κ1) is 27.3. The molecule has 3 N–H and O–H groups in total. The average molecular weight is 533 g/mol. The number of halogens is 2. The number of anilines is 2. The highest BCUT2D eigenvalue weighted by atomic mass is 32.2. The zero-order valence-electron chi connectivity index (χ0n) is 19.4. The SMILES string of the molecule is Cc1ccc(C(=O)Nc2ccc(S(=O)(=O)C(CCOC(=O)Nc3ccc(F)cc3F)C(=O)O)cc2)cc1. The lowest BCUT2D eigenvalue weighted by atomic mass is 10.1. The topological polar surface area (TPSA) is 139 Å². The van der Waals surface area contributed by atoms with Crippen LogP contribution in [0.15, 0.2) is 71.6 Å². The smallest absolute Gasteiger partial charge is 0.411 e. The number of nitrogens with one attached hydrogen (secondary N) is 2. The van der Waals surface area contributed by atoms with E-state index in [0.717, 1.165) is 29.8 Å². The number of amides is 2. The average Bonchev–Trinajstić information content (AvgIpc) is 2.84.